The molecule has 43 heavy (non-hydrogen) atoms. The molecule has 2 aliphatic heterocycles. The van der Waals surface area contributed by atoms with E-state index in [0.29, 0.717) is 50.9 Å². The number of carbonyl (C=O) groups is 3. The smallest absolute Gasteiger partial charge is 0.338 e. The number of imide groups is 1. The second kappa shape index (κ2) is 12.7. The fourth-order valence-electron chi connectivity index (χ4n) is 6.33. The van der Waals surface area contributed by atoms with Crippen molar-refractivity contribution < 1.29 is 37.7 Å². The summed E-state index contributed by atoms with van der Waals surface area (Å²) >= 11 is 0. The van der Waals surface area contributed by atoms with Gasteiger partial charge < -0.3 is 30.1 Å². The third-order valence-corrected chi connectivity index (χ3v) is 8.46. The SMILES string of the molecule is COCC1=C(C(=O)OC)[C@H](c2ccc(F)c(F)c2)N(C(=O)N([C@@H]2CCNC2)[C@H]2CC[C@@](O)(c3ccccn3)CC2)C(=O)N1. The predicted octanol–water partition coefficient (Wildman–Crippen LogP) is 3.11. The first kappa shape index (κ1) is 30.5. The van der Waals surface area contributed by atoms with Crippen molar-refractivity contribution in [3.05, 3.63) is 76.8 Å². The molecule has 230 valence electrons. The largest absolute Gasteiger partial charge is 0.466 e. The Morgan fingerprint density at radius 3 is 2.49 bits per heavy atom. The van der Waals surface area contributed by atoms with Crippen molar-refractivity contribution >= 4 is 18.0 Å². The number of pyridine rings is 1. The van der Waals surface area contributed by atoms with Crippen LogP contribution in [0.25, 0.3) is 0 Å². The lowest BCUT2D eigenvalue weighted by Gasteiger charge is -2.46. The van der Waals surface area contributed by atoms with Gasteiger partial charge in [0.25, 0.3) is 0 Å². The van der Waals surface area contributed by atoms with Crippen molar-refractivity contribution in [2.45, 2.75) is 55.8 Å². The number of urea groups is 2. The van der Waals surface area contributed by atoms with E-state index >= 15 is 0 Å². The van der Waals surface area contributed by atoms with Crippen molar-refractivity contribution in [3.8, 4) is 0 Å². The summed E-state index contributed by atoms with van der Waals surface area (Å²) < 4.78 is 38.7. The number of nitrogens with zero attached hydrogens (tertiary/aromatic N) is 3. The lowest BCUT2D eigenvalue weighted by atomic mass is 9.79. The quantitative estimate of drug-likeness (QED) is 0.414. The summed E-state index contributed by atoms with van der Waals surface area (Å²) in [5.41, 5.74) is -0.686. The summed E-state index contributed by atoms with van der Waals surface area (Å²) in [6.45, 7) is 0.930. The van der Waals surface area contributed by atoms with E-state index in [-0.39, 0.29) is 35.5 Å². The van der Waals surface area contributed by atoms with Gasteiger partial charge in [-0.15, -0.1) is 0 Å². The van der Waals surface area contributed by atoms with Gasteiger partial charge in [-0.25, -0.2) is 28.1 Å². The molecule has 11 nitrogen and oxygen atoms in total. The zero-order valence-electron chi connectivity index (χ0n) is 24.0. The number of ether oxygens (including phenoxy) is 2. The summed E-state index contributed by atoms with van der Waals surface area (Å²) in [6, 6.07) is 4.69. The highest BCUT2D eigenvalue weighted by Crippen LogP contribution is 2.41. The van der Waals surface area contributed by atoms with E-state index in [9.17, 15) is 28.3 Å². The average molecular weight is 600 g/mol. The zero-order chi connectivity index (χ0) is 30.7. The van der Waals surface area contributed by atoms with Crippen LogP contribution in [0.1, 0.15) is 49.4 Å². The Morgan fingerprint density at radius 1 is 1.12 bits per heavy atom. The third-order valence-electron chi connectivity index (χ3n) is 8.46. The fraction of sp³-hybridized carbons (Fsp3) is 0.467. The van der Waals surface area contributed by atoms with Crippen LogP contribution in [0.5, 0.6) is 0 Å². The van der Waals surface area contributed by atoms with Gasteiger partial charge in [-0.3, -0.25) is 4.98 Å². The molecule has 3 aliphatic rings. The summed E-state index contributed by atoms with van der Waals surface area (Å²) in [6.07, 6.45) is 3.76. The molecule has 1 saturated carbocycles. The maximum Gasteiger partial charge on any atom is 0.338 e. The number of esters is 1. The second-order valence-electron chi connectivity index (χ2n) is 11.0. The van der Waals surface area contributed by atoms with Gasteiger partial charge in [0.15, 0.2) is 11.6 Å². The Bertz CT molecular complexity index is 1390. The van der Waals surface area contributed by atoms with E-state index in [1.165, 1.54) is 13.2 Å². The minimum Gasteiger partial charge on any atom is -0.466 e. The molecular formula is C30H35F2N5O6. The molecule has 4 amide bonds. The van der Waals surface area contributed by atoms with Gasteiger partial charge >= 0.3 is 18.0 Å². The number of hydrogen-bond donors (Lipinski definition) is 3. The lowest BCUT2D eigenvalue weighted by molar-refractivity contribution is -0.137. The standard InChI is InChI=1S/C30H35F2N5O6/c1-42-17-23-25(27(38)43-2)26(18-6-7-21(31)22(32)15-18)37(28(39)35-23)29(40)36(20-10-14-33-16-20)19-8-11-30(41,12-9-19)24-5-3-4-13-34-24/h3-7,13,15,19-20,26,33,41H,8-12,14,16-17H2,1-2H3,(H,35,39)/t19-,20-,26+,30-/m1/s1. The van der Waals surface area contributed by atoms with Gasteiger partial charge in [-0.1, -0.05) is 12.1 Å². The van der Waals surface area contributed by atoms with Crippen LogP contribution in [0.3, 0.4) is 0 Å². The number of nitrogens with one attached hydrogen (secondary N) is 2. The topological polar surface area (TPSA) is 133 Å². The Morgan fingerprint density at radius 2 is 1.88 bits per heavy atom. The van der Waals surface area contributed by atoms with Crippen LogP contribution in [0, 0.1) is 11.6 Å². The molecule has 1 aromatic heterocycles. The highest BCUT2D eigenvalue weighted by atomic mass is 19.2. The van der Waals surface area contributed by atoms with Crippen molar-refractivity contribution in [2.24, 2.45) is 0 Å². The highest BCUT2D eigenvalue weighted by Gasteiger charge is 2.48. The van der Waals surface area contributed by atoms with E-state index in [0.717, 1.165) is 24.1 Å². The molecule has 3 heterocycles. The van der Waals surface area contributed by atoms with Gasteiger partial charge in [0.2, 0.25) is 0 Å². The Hall–Kier alpha value is -3.94. The lowest BCUT2D eigenvalue weighted by Crippen LogP contribution is -2.60. The van der Waals surface area contributed by atoms with Crippen molar-refractivity contribution in [1.29, 1.82) is 0 Å². The van der Waals surface area contributed by atoms with Crippen LogP contribution in [0.4, 0.5) is 18.4 Å². The summed E-state index contributed by atoms with van der Waals surface area (Å²) in [4.78, 5) is 48.3. The normalized spacial score (nSPS) is 25.8. The minimum absolute atomic E-state index is 0.00812. The number of benzene rings is 1. The maximum absolute atomic E-state index is 14.6. The molecule has 0 spiro atoms. The van der Waals surface area contributed by atoms with E-state index in [2.05, 4.69) is 15.6 Å². The number of carbonyl (C=O) groups excluding carboxylic acids is 3. The average Bonchev–Trinajstić information content (AvgIpc) is 3.54. The van der Waals surface area contributed by atoms with Crippen LogP contribution >= 0.6 is 0 Å². The summed E-state index contributed by atoms with van der Waals surface area (Å²) in [7, 11) is 2.51. The van der Waals surface area contributed by atoms with Gasteiger partial charge in [-0.05, 0) is 68.5 Å². The first-order valence-corrected chi connectivity index (χ1v) is 14.2. The Labute approximate surface area is 247 Å². The number of hydrogen-bond acceptors (Lipinski definition) is 8. The van der Waals surface area contributed by atoms with Crippen LogP contribution in [0.15, 0.2) is 53.9 Å². The molecule has 13 heteroatoms. The molecule has 2 atom stereocenters. The molecule has 1 aliphatic carbocycles. The number of halogens is 2. The fourth-order valence-corrected chi connectivity index (χ4v) is 6.33. The number of rotatable bonds is 7. The molecular weight excluding hydrogens is 564 g/mol. The maximum atomic E-state index is 14.6. The number of amides is 4. The molecule has 1 saturated heterocycles. The number of methoxy groups -OCH3 is 2. The zero-order valence-corrected chi connectivity index (χ0v) is 24.0. The molecule has 0 radical (unpaired) electrons. The minimum atomic E-state index is -1.43. The Balaban J connectivity index is 1.55. The second-order valence-corrected chi connectivity index (χ2v) is 11.0. The van der Waals surface area contributed by atoms with Crippen molar-refractivity contribution in [1.82, 2.24) is 25.4 Å². The van der Waals surface area contributed by atoms with Crippen LogP contribution in [0.2, 0.25) is 0 Å². The summed E-state index contributed by atoms with van der Waals surface area (Å²) in [5, 5.41) is 17.2. The molecule has 2 aromatic rings. The van der Waals surface area contributed by atoms with Gasteiger partial charge in [0.05, 0.1) is 30.7 Å². The monoisotopic (exact) mass is 599 g/mol. The Kier molecular flexibility index (Phi) is 9.04. The van der Waals surface area contributed by atoms with Crippen LogP contribution in [-0.4, -0.2) is 83.9 Å². The third kappa shape index (κ3) is 5.97. The number of aliphatic hydroxyl groups is 1. The van der Waals surface area contributed by atoms with Crippen molar-refractivity contribution in [3.63, 3.8) is 0 Å². The first-order chi connectivity index (χ1) is 20.7. The van der Waals surface area contributed by atoms with Crippen molar-refractivity contribution in [2.75, 3.05) is 33.9 Å². The molecule has 0 unspecified atom stereocenters. The molecule has 1 aromatic carbocycles. The van der Waals surface area contributed by atoms with E-state index in [1.54, 1.807) is 23.2 Å². The van der Waals surface area contributed by atoms with E-state index in [1.807, 2.05) is 6.07 Å². The van der Waals surface area contributed by atoms with Gasteiger partial charge in [-0.2, -0.15) is 0 Å². The van der Waals surface area contributed by atoms with Gasteiger partial charge in [0, 0.05) is 31.9 Å². The van der Waals surface area contributed by atoms with Gasteiger partial charge in [0.1, 0.15) is 11.6 Å². The molecule has 5 rings (SSSR count). The van der Waals surface area contributed by atoms with Crippen LogP contribution in [-0.2, 0) is 19.9 Å². The molecule has 3 N–H and O–H groups in total. The molecule has 0 bridgehead atoms. The number of aromatic nitrogens is 1. The first-order valence-electron chi connectivity index (χ1n) is 14.2. The molecule has 2 fully saturated rings. The summed E-state index contributed by atoms with van der Waals surface area (Å²) in [5.74, 6) is -3.19. The highest BCUT2D eigenvalue weighted by molar-refractivity contribution is 6.02. The van der Waals surface area contributed by atoms with E-state index < -0.39 is 41.3 Å². The van der Waals surface area contributed by atoms with E-state index in [4.69, 9.17) is 9.47 Å². The predicted molar refractivity (Wildman–Crippen MR) is 149 cm³/mol. The van der Waals surface area contributed by atoms with Crippen LogP contribution < -0.4 is 10.6 Å².